The average Bonchev–Trinajstić information content (AvgIpc) is 3.13. The summed E-state index contributed by atoms with van der Waals surface area (Å²) in [5, 5.41) is 11.4. The number of anilines is 1. The Morgan fingerprint density at radius 1 is 1.28 bits per heavy atom. The number of benzene rings is 1. The van der Waals surface area contributed by atoms with Crippen LogP contribution in [0.2, 0.25) is 5.02 Å². The molecule has 0 bridgehead atoms. The Hall–Kier alpha value is -1.89. The lowest BCUT2D eigenvalue weighted by Gasteiger charge is -2.30. The molecule has 2 unspecified atom stereocenters. The van der Waals surface area contributed by atoms with Crippen LogP contribution in [0.1, 0.15) is 33.4 Å². The summed E-state index contributed by atoms with van der Waals surface area (Å²) >= 11 is 7.52. The van der Waals surface area contributed by atoms with Crippen LogP contribution < -0.4 is 16.0 Å². The summed E-state index contributed by atoms with van der Waals surface area (Å²) in [7, 11) is 0. The zero-order valence-corrected chi connectivity index (χ0v) is 15.4. The van der Waals surface area contributed by atoms with Crippen molar-refractivity contribution >= 4 is 40.4 Å². The van der Waals surface area contributed by atoms with E-state index in [9.17, 15) is 9.59 Å². The van der Waals surface area contributed by atoms with Crippen molar-refractivity contribution in [1.29, 1.82) is 0 Å². The number of hydrogen-bond donors (Lipinski definition) is 3. The first-order chi connectivity index (χ1) is 12.0. The van der Waals surface area contributed by atoms with Crippen LogP contribution in [0.15, 0.2) is 35.7 Å². The van der Waals surface area contributed by atoms with Crippen LogP contribution in [0.3, 0.4) is 0 Å². The molecule has 7 heteroatoms. The molecule has 1 aromatic carbocycles. The van der Waals surface area contributed by atoms with Gasteiger partial charge in [0.2, 0.25) is 0 Å². The standard InChI is InChI=1S/C18H20ClN3O2S/c1-11-10-20-7-6-14(11)21-17(23)12-4-5-13(19)15(9-12)22-18(24)16-3-2-8-25-16/h2-5,8-9,11,14,20H,6-7,10H2,1H3,(H,21,23)(H,22,24). The van der Waals surface area contributed by atoms with Gasteiger partial charge in [0.15, 0.2) is 0 Å². The summed E-state index contributed by atoms with van der Waals surface area (Å²) < 4.78 is 0. The number of halogens is 1. The Morgan fingerprint density at radius 3 is 2.84 bits per heavy atom. The summed E-state index contributed by atoms with van der Waals surface area (Å²) in [6, 6.07) is 8.62. The van der Waals surface area contributed by atoms with Gasteiger partial charge in [-0.05, 0) is 55.1 Å². The minimum atomic E-state index is -0.235. The summed E-state index contributed by atoms with van der Waals surface area (Å²) in [6.45, 7) is 3.91. The average molecular weight is 378 g/mol. The van der Waals surface area contributed by atoms with Gasteiger partial charge in [-0.3, -0.25) is 9.59 Å². The molecule has 2 heterocycles. The van der Waals surface area contributed by atoms with E-state index >= 15 is 0 Å². The van der Waals surface area contributed by atoms with Gasteiger partial charge in [0, 0.05) is 11.6 Å². The quantitative estimate of drug-likeness (QED) is 0.765. The highest BCUT2D eigenvalue weighted by atomic mass is 35.5. The monoisotopic (exact) mass is 377 g/mol. The molecule has 2 aromatic rings. The Kier molecular flexibility index (Phi) is 5.73. The molecule has 3 N–H and O–H groups in total. The predicted molar refractivity (Wildman–Crippen MR) is 102 cm³/mol. The lowest BCUT2D eigenvalue weighted by Crippen LogP contribution is -2.48. The molecule has 2 atom stereocenters. The zero-order valence-electron chi connectivity index (χ0n) is 13.8. The Morgan fingerprint density at radius 2 is 2.12 bits per heavy atom. The predicted octanol–water partition coefficient (Wildman–Crippen LogP) is 3.38. The third-order valence-electron chi connectivity index (χ3n) is 4.32. The van der Waals surface area contributed by atoms with E-state index in [0.29, 0.717) is 27.1 Å². The molecular formula is C18H20ClN3O2S. The van der Waals surface area contributed by atoms with Crippen molar-refractivity contribution in [3.8, 4) is 0 Å². The number of carbonyl (C=O) groups excluding carboxylic acids is 2. The highest BCUT2D eigenvalue weighted by molar-refractivity contribution is 7.12. The fourth-order valence-corrected chi connectivity index (χ4v) is 3.62. The third-order valence-corrected chi connectivity index (χ3v) is 5.52. The fourth-order valence-electron chi connectivity index (χ4n) is 2.83. The van der Waals surface area contributed by atoms with Gasteiger partial charge in [-0.1, -0.05) is 24.6 Å². The van der Waals surface area contributed by atoms with Crippen LogP contribution >= 0.6 is 22.9 Å². The van der Waals surface area contributed by atoms with Crippen molar-refractivity contribution < 1.29 is 9.59 Å². The van der Waals surface area contributed by atoms with Crippen LogP contribution in [0, 0.1) is 5.92 Å². The van der Waals surface area contributed by atoms with Gasteiger partial charge in [-0.2, -0.15) is 0 Å². The maximum Gasteiger partial charge on any atom is 0.265 e. The van der Waals surface area contributed by atoms with E-state index in [1.54, 1.807) is 24.3 Å². The molecule has 3 rings (SSSR count). The fraction of sp³-hybridized carbons (Fsp3) is 0.333. The topological polar surface area (TPSA) is 70.2 Å². The van der Waals surface area contributed by atoms with Crippen LogP contribution in [-0.4, -0.2) is 30.9 Å². The second-order valence-corrected chi connectivity index (χ2v) is 7.53. The Balaban J connectivity index is 1.72. The van der Waals surface area contributed by atoms with Crippen molar-refractivity contribution in [2.24, 2.45) is 5.92 Å². The number of amides is 2. The lowest BCUT2D eigenvalue weighted by atomic mass is 9.95. The minimum Gasteiger partial charge on any atom is -0.349 e. The van der Waals surface area contributed by atoms with E-state index in [4.69, 9.17) is 11.6 Å². The Labute approximate surface area is 155 Å². The van der Waals surface area contributed by atoms with Gasteiger partial charge in [-0.15, -0.1) is 11.3 Å². The maximum atomic E-state index is 12.6. The van der Waals surface area contributed by atoms with Crippen molar-refractivity contribution in [3.05, 3.63) is 51.2 Å². The Bertz CT molecular complexity index is 764. The number of piperidine rings is 1. The van der Waals surface area contributed by atoms with E-state index in [2.05, 4.69) is 22.9 Å². The molecule has 25 heavy (non-hydrogen) atoms. The molecule has 2 amide bonds. The molecule has 1 aliphatic heterocycles. The van der Waals surface area contributed by atoms with Gasteiger partial charge in [0.05, 0.1) is 15.6 Å². The molecule has 0 aliphatic carbocycles. The smallest absolute Gasteiger partial charge is 0.265 e. The first kappa shape index (κ1) is 17.9. The molecule has 0 saturated carbocycles. The van der Waals surface area contributed by atoms with Gasteiger partial charge in [0.25, 0.3) is 11.8 Å². The van der Waals surface area contributed by atoms with Gasteiger partial charge >= 0.3 is 0 Å². The summed E-state index contributed by atoms with van der Waals surface area (Å²) in [5.74, 6) is -0.00789. The normalized spacial score (nSPS) is 20.1. The second kappa shape index (κ2) is 7.99. The first-order valence-corrected chi connectivity index (χ1v) is 9.46. The highest BCUT2D eigenvalue weighted by Gasteiger charge is 2.23. The van der Waals surface area contributed by atoms with Gasteiger partial charge in [-0.25, -0.2) is 0 Å². The van der Waals surface area contributed by atoms with Crippen molar-refractivity contribution in [2.45, 2.75) is 19.4 Å². The number of thiophene rings is 1. The summed E-state index contributed by atoms with van der Waals surface area (Å²) in [4.78, 5) is 25.3. The lowest BCUT2D eigenvalue weighted by molar-refractivity contribution is 0.0913. The van der Waals surface area contributed by atoms with Crippen LogP contribution in [0.5, 0.6) is 0 Å². The maximum absolute atomic E-state index is 12.6. The second-order valence-electron chi connectivity index (χ2n) is 6.18. The summed E-state index contributed by atoms with van der Waals surface area (Å²) in [5.41, 5.74) is 0.919. The number of hydrogen-bond acceptors (Lipinski definition) is 4. The van der Waals surface area contributed by atoms with Crippen LogP contribution in [0.25, 0.3) is 0 Å². The minimum absolute atomic E-state index is 0.147. The molecule has 132 valence electrons. The number of carbonyl (C=O) groups is 2. The van der Waals surface area contributed by atoms with E-state index in [1.807, 2.05) is 11.4 Å². The zero-order chi connectivity index (χ0) is 17.8. The van der Waals surface area contributed by atoms with Gasteiger partial charge < -0.3 is 16.0 Å². The van der Waals surface area contributed by atoms with Crippen molar-refractivity contribution in [3.63, 3.8) is 0 Å². The molecule has 0 radical (unpaired) electrons. The molecule has 5 nitrogen and oxygen atoms in total. The molecular weight excluding hydrogens is 358 g/mol. The molecule has 0 spiro atoms. The molecule has 1 fully saturated rings. The first-order valence-electron chi connectivity index (χ1n) is 8.20. The van der Waals surface area contributed by atoms with E-state index in [-0.39, 0.29) is 17.9 Å². The molecule has 1 saturated heterocycles. The van der Waals surface area contributed by atoms with E-state index in [1.165, 1.54) is 11.3 Å². The van der Waals surface area contributed by atoms with Crippen molar-refractivity contribution in [2.75, 3.05) is 18.4 Å². The SMILES string of the molecule is CC1CNCCC1NC(=O)c1ccc(Cl)c(NC(=O)c2cccs2)c1. The number of nitrogens with one attached hydrogen (secondary N) is 3. The van der Waals surface area contributed by atoms with Gasteiger partial charge in [0.1, 0.15) is 0 Å². The van der Waals surface area contributed by atoms with E-state index < -0.39 is 0 Å². The highest BCUT2D eigenvalue weighted by Crippen LogP contribution is 2.24. The van der Waals surface area contributed by atoms with Crippen LogP contribution in [0.4, 0.5) is 5.69 Å². The largest absolute Gasteiger partial charge is 0.349 e. The third kappa shape index (κ3) is 4.39. The number of rotatable bonds is 4. The summed E-state index contributed by atoms with van der Waals surface area (Å²) in [6.07, 6.45) is 0.905. The van der Waals surface area contributed by atoms with Crippen molar-refractivity contribution in [1.82, 2.24) is 10.6 Å². The molecule has 1 aliphatic rings. The van der Waals surface area contributed by atoms with E-state index in [0.717, 1.165) is 19.5 Å². The molecule has 1 aromatic heterocycles. The van der Waals surface area contributed by atoms with Crippen LogP contribution in [-0.2, 0) is 0 Å².